The molecule has 23 heavy (non-hydrogen) atoms. The van der Waals surface area contributed by atoms with Gasteiger partial charge in [0.05, 0.1) is 13.2 Å². The number of likely N-dealkylation sites (N-methyl/N-ethyl adjacent to an activating group) is 2. The van der Waals surface area contributed by atoms with Gasteiger partial charge in [0.15, 0.2) is 8.32 Å². The van der Waals surface area contributed by atoms with E-state index in [0.717, 1.165) is 6.08 Å². The molecule has 0 bridgehead atoms. The number of allylic oxidation sites excluding steroid dienone is 1. The SMILES string of the molecule is C=CC(=O)Cl.C=CC(=O)N(C)CCO[Si](C)(C)C.CNCCO. The predicted octanol–water partition coefficient (Wildman–Crippen LogP) is 1.62. The number of hydrogen-bond acceptors (Lipinski definition) is 5. The van der Waals surface area contributed by atoms with Crippen LogP contribution in [0, 0.1) is 0 Å². The fourth-order valence-electron chi connectivity index (χ4n) is 0.867. The number of aliphatic hydroxyl groups is 1. The van der Waals surface area contributed by atoms with Crippen LogP contribution < -0.4 is 5.32 Å². The molecule has 0 fully saturated rings. The number of nitrogens with zero attached hydrogens (tertiary/aromatic N) is 1. The Morgan fingerprint density at radius 2 is 1.78 bits per heavy atom. The lowest BCUT2D eigenvalue weighted by molar-refractivity contribution is -0.125. The third-order valence-electron chi connectivity index (χ3n) is 2.03. The number of carbonyl (C=O) groups excluding carboxylic acids is 2. The molecule has 0 atom stereocenters. The molecule has 136 valence electrons. The van der Waals surface area contributed by atoms with Gasteiger partial charge in [0.2, 0.25) is 11.1 Å². The summed E-state index contributed by atoms with van der Waals surface area (Å²) in [6.45, 7) is 15.1. The van der Waals surface area contributed by atoms with E-state index in [0.29, 0.717) is 19.7 Å². The molecule has 0 heterocycles. The van der Waals surface area contributed by atoms with E-state index in [1.807, 2.05) is 0 Å². The highest BCUT2D eigenvalue weighted by atomic mass is 35.5. The van der Waals surface area contributed by atoms with Crippen molar-refractivity contribution >= 4 is 31.1 Å². The van der Waals surface area contributed by atoms with Crippen molar-refractivity contribution in [2.24, 2.45) is 0 Å². The summed E-state index contributed by atoms with van der Waals surface area (Å²) in [5.74, 6) is -0.0563. The zero-order chi connectivity index (χ0) is 18.9. The van der Waals surface area contributed by atoms with E-state index in [4.69, 9.17) is 21.1 Å². The standard InChI is InChI=1S/C9H19NO2Si.C3H3ClO.C3H9NO/c1-6-9(11)10(2)7-8-12-13(3,4)5;1-2-3(4)5;1-4-2-3-5/h6H,1,7-8H2,2-5H3;2H,1H2;4-5H,2-3H2,1H3. The van der Waals surface area contributed by atoms with Gasteiger partial charge in [0, 0.05) is 20.1 Å². The molecule has 0 radical (unpaired) electrons. The molecule has 8 heteroatoms. The van der Waals surface area contributed by atoms with Gasteiger partial charge < -0.3 is 19.7 Å². The lowest BCUT2D eigenvalue weighted by atomic mass is 10.5. The van der Waals surface area contributed by atoms with Crippen molar-refractivity contribution in [1.82, 2.24) is 10.2 Å². The summed E-state index contributed by atoms with van der Waals surface area (Å²) in [5.41, 5.74) is 0. The molecule has 0 aliphatic heterocycles. The highest BCUT2D eigenvalue weighted by molar-refractivity contribution is 6.69. The minimum atomic E-state index is -1.43. The largest absolute Gasteiger partial charge is 0.416 e. The molecule has 0 spiro atoms. The van der Waals surface area contributed by atoms with Gasteiger partial charge in [0.25, 0.3) is 0 Å². The van der Waals surface area contributed by atoms with Gasteiger partial charge in [0.1, 0.15) is 0 Å². The van der Waals surface area contributed by atoms with Gasteiger partial charge in [-0.15, -0.1) is 0 Å². The number of nitrogens with one attached hydrogen (secondary N) is 1. The average molecular weight is 367 g/mol. The Balaban J connectivity index is -0.000000329. The highest BCUT2D eigenvalue weighted by Crippen LogP contribution is 2.01. The molecule has 1 amide bonds. The number of amides is 1. The van der Waals surface area contributed by atoms with Crippen LogP contribution in [0.2, 0.25) is 19.6 Å². The van der Waals surface area contributed by atoms with E-state index in [1.165, 1.54) is 6.08 Å². The van der Waals surface area contributed by atoms with Crippen LogP contribution in [0.4, 0.5) is 0 Å². The van der Waals surface area contributed by atoms with Gasteiger partial charge in [-0.2, -0.15) is 0 Å². The van der Waals surface area contributed by atoms with Crippen LogP contribution in [0.25, 0.3) is 0 Å². The Kier molecular flexibility index (Phi) is 20.3. The lowest BCUT2D eigenvalue weighted by Gasteiger charge is -2.20. The maximum atomic E-state index is 11.0. The molecular formula is C15H31ClN2O4Si. The van der Waals surface area contributed by atoms with Crippen LogP contribution in [0.1, 0.15) is 0 Å². The second-order valence-electron chi connectivity index (χ2n) is 5.26. The first-order valence-electron chi connectivity index (χ1n) is 7.14. The molecule has 0 aromatic heterocycles. The summed E-state index contributed by atoms with van der Waals surface area (Å²) in [7, 11) is 2.12. The Hall–Kier alpha value is -0.993. The molecule has 6 nitrogen and oxygen atoms in total. The van der Waals surface area contributed by atoms with Gasteiger partial charge in [-0.3, -0.25) is 9.59 Å². The predicted molar refractivity (Wildman–Crippen MR) is 99.2 cm³/mol. The van der Waals surface area contributed by atoms with E-state index in [9.17, 15) is 9.59 Å². The zero-order valence-corrected chi connectivity index (χ0v) is 16.7. The van der Waals surface area contributed by atoms with Crippen LogP contribution in [0.3, 0.4) is 0 Å². The van der Waals surface area contributed by atoms with Crippen molar-refractivity contribution < 1.29 is 19.1 Å². The van der Waals surface area contributed by atoms with Crippen LogP contribution in [0.15, 0.2) is 25.3 Å². The first-order valence-corrected chi connectivity index (χ1v) is 10.9. The minimum absolute atomic E-state index is 0.0563. The van der Waals surface area contributed by atoms with Crippen molar-refractivity contribution in [2.45, 2.75) is 19.6 Å². The Morgan fingerprint density at radius 3 is 2.00 bits per heavy atom. The highest BCUT2D eigenvalue weighted by Gasteiger charge is 2.14. The monoisotopic (exact) mass is 366 g/mol. The molecule has 2 N–H and O–H groups in total. The minimum Gasteiger partial charge on any atom is -0.416 e. The molecule has 0 aromatic rings. The van der Waals surface area contributed by atoms with Crippen LogP contribution in [0.5, 0.6) is 0 Å². The fraction of sp³-hybridized carbons (Fsp3) is 0.600. The van der Waals surface area contributed by atoms with E-state index in [-0.39, 0.29) is 12.5 Å². The number of rotatable bonds is 8. The second kappa shape index (κ2) is 17.4. The molecule has 0 aromatic carbocycles. The first-order chi connectivity index (χ1) is 10.5. The molecule has 0 aliphatic rings. The van der Waals surface area contributed by atoms with Crippen LogP contribution >= 0.6 is 11.6 Å². The van der Waals surface area contributed by atoms with Gasteiger partial charge in [-0.25, -0.2) is 0 Å². The third kappa shape index (κ3) is 29.6. The van der Waals surface area contributed by atoms with Crippen LogP contribution in [-0.2, 0) is 14.0 Å². The maximum absolute atomic E-state index is 11.0. The van der Waals surface area contributed by atoms with Crippen molar-refractivity contribution in [1.29, 1.82) is 0 Å². The van der Waals surface area contributed by atoms with E-state index < -0.39 is 13.6 Å². The van der Waals surface area contributed by atoms with Crippen LogP contribution in [-0.4, -0.2) is 69.9 Å². The quantitative estimate of drug-likeness (QED) is 0.387. The number of halogens is 1. The summed E-state index contributed by atoms with van der Waals surface area (Å²) in [6, 6.07) is 0. The summed E-state index contributed by atoms with van der Waals surface area (Å²) < 4.78 is 5.61. The molecule has 0 unspecified atom stereocenters. The fourth-order valence-corrected chi connectivity index (χ4v) is 1.57. The summed E-state index contributed by atoms with van der Waals surface area (Å²) >= 11 is 4.71. The first kappa shape index (κ1) is 26.9. The molecular weight excluding hydrogens is 336 g/mol. The number of aliphatic hydroxyl groups excluding tert-OH is 1. The number of carbonyl (C=O) groups is 2. The van der Waals surface area contributed by atoms with E-state index >= 15 is 0 Å². The van der Waals surface area contributed by atoms with Crippen molar-refractivity contribution in [3.05, 3.63) is 25.3 Å². The normalized spacial score (nSPS) is 9.52. The maximum Gasteiger partial charge on any atom is 0.245 e. The summed E-state index contributed by atoms with van der Waals surface area (Å²) in [4.78, 5) is 22.1. The van der Waals surface area contributed by atoms with Gasteiger partial charge in [-0.1, -0.05) is 13.2 Å². The Labute approximate surface area is 146 Å². The molecule has 0 saturated carbocycles. The van der Waals surface area contributed by atoms with Gasteiger partial charge in [-0.05, 0) is 50.4 Å². The van der Waals surface area contributed by atoms with Crippen molar-refractivity contribution in [2.75, 3.05) is 40.4 Å². The molecule has 0 rings (SSSR count). The second-order valence-corrected chi connectivity index (χ2v) is 10.1. The Bertz CT molecular complexity index is 345. The third-order valence-corrected chi connectivity index (χ3v) is 3.26. The average Bonchev–Trinajstić information content (AvgIpc) is 2.47. The van der Waals surface area contributed by atoms with Gasteiger partial charge >= 0.3 is 0 Å². The van der Waals surface area contributed by atoms with E-state index in [2.05, 4.69) is 38.1 Å². The lowest BCUT2D eigenvalue weighted by Crippen LogP contribution is -2.33. The zero-order valence-electron chi connectivity index (χ0n) is 14.9. The number of hydrogen-bond donors (Lipinski definition) is 2. The topological polar surface area (TPSA) is 78.9 Å². The summed E-state index contributed by atoms with van der Waals surface area (Å²) in [5, 5.41) is 10.3. The molecule has 0 aliphatic carbocycles. The van der Waals surface area contributed by atoms with Crippen molar-refractivity contribution in [3.63, 3.8) is 0 Å². The summed E-state index contributed by atoms with van der Waals surface area (Å²) in [6.07, 6.45) is 2.36. The smallest absolute Gasteiger partial charge is 0.245 e. The van der Waals surface area contributed by atoms with E-state index in [1.54, 1.807) is 19.0 Å². The Morgan fingerprint density at radius 1 is 1.30 bits per heavy atom. The molecule has 0 saturated heterocycles. The van der Waals surface area contributed by atoms with Crippen molar-refractivity contribution in [3.8, 4) is 0 Å².